The van der Waals surface area contributed by atoms with E-state index in [9.17, 15) is 24.2 Å². The maximum atomic E-state index is 14.1. The zero-order valence-corrected chi connectivity index (χ0v) is 18.7. The first-order chi connectivity index (χ1) is 16.9. The Morgan fingerprint density at radius 1 is 1.03 bits per heavy atom. The number of nitrogens with one attached hydrogen (secondary N) is 1. The van der Waals surface area contributed by atoms with Crippen molar-refractivity contribution in [2.24, 2.45) is 0 Å². The lowest BCUT2D eigenvalue weighted by Crippen LogP contribution is -2.31. The maximum absolute atomic E-state index is 14.1. The van der Waals surface area contributed by atoms with Crippen molar-refractivity contribution in [3.63, 3.8) is 0 Å². The van der Waals surface area contributed by atoms with Gasteiger partial charge in [-0.1, -0.05) is 54.6 Å². The van der Waals surface area contributed by atoms with Gasteiger partial charge in [-0.05, 0) is 29.3 Å². The number of ether oxygens (including phenoxy) is 1. The van der Waals surface area contributed by atoms with Gasteiger partial charge in [0.1, 0.15) is 17.3 Å². The molecule has 3 N–H and O–H groups in total. The first-order valence-electron chi connectivity index (χ1n) is 10.7. The molecule has 0 spiro atoms. The normalized spacial score (nSPS) is 11.6. The minimum Gasteiger partial charge on any atom is -0.496 e. The van der Waals surface area contributed by atoms with Crippen LogP contribution in [0.2, 0.25) is 0 Å². The van der Waals surface area contributed by atoms with E-state index in [1.165, 1.54) is 25.3 Å². The van der Waals surface area contributed by atoms with Gasteiger partial charge >= 0.3 is 5.97 Å². The highest BCUT2D eigenvalue weighted by atomic mass is 19.1. The second-order valence-corrected chi connectivity index (χ2v) is 7.70. The fourth-order valence-electron chi connectivity index (χ4n) is 3.74. The van der Waals surface area contributed by atoms with E-state index in [1.807, 2.05) is 36.4 Å². The summed E-state index contributed by atoms with van der Waals surface area (Å²) in [6.45, 7) is 0. The molecule has 9 heteroatoms. The summed E-state index contributed by atoms with van der Waals surface area (Å²) in [5.74, 6) is -2.55. The average molecular weight is 475 g/mol. The van der Waals surface area contributed by atoms with Gasteiger partial charge in [-0.3, -0.25) is 9.59 Å². The molecule has 1 amide bonds. The molecular weight excluding hydrogens is 453 g/mol. The van der Waals surface area contributed by atoms with Crippen molar-refractivity contribution in [2.75, 3.05) is 7.11 Å². The van der Waals surface area contributed by atoms with Crippen LogP contribution >= 0.6 is 0 Å². The molecule has 0 radical (unpaired) electrons. The standard InChI is InChI=1S/C26H22FN3O5/c1-35-23-13-17(16-7-3-2-4-8-16)11-12-18(23)20(15-25(32)33)28-26(34)21-14-24(31)30(29-21)22-10-6-5-9-19(22)27/h2-14,20,31H,15H2,1H3,(H,28,34)(H,32,33). The number of carboxylic acid groups (broad SMARTS) is 1. The number of hydrogen-bond acceptors (Lipinski definition) is 5. The van der Waals surface area contributed by atoms with E-state index >= 15 is 0 Å². The Kier molecular flexibility index (Phi) is 6.77. The monoisotopic (exact) mass is 475 g/mol. The molecule has 0 saturated carbocycles. The van der Waals surface area contributed by atoms with Crippen molar-refractivity contribution in [1.82, 2.24) is 15.1 Å². The second kappa shape index (κ2) is 10.1. The summed E-state index contributed by atoms with van der Waals surface area (Å²) in [4.78, 5) is 24.5. The third-order valence-corrected chi connectivity index (χ3v) is 5.40. The number of amides is 1. The van der Waals surface area contributed by atoms with E-state index in [0.717, 1.165) is 21.9 Å². The molecule has 0 bridgehead atoms. The van der Waals surface area contributed by atoms with Crippen molar-refractivity contribution in [1.29, 1.82) is 0 Å². The van der Waals surface area contributed by atoms with Gasteiger partial charge in [-0.25, -0.2) is 4.39 Å². The van der Waals surface area contributed by atoms with Crippen LogP contribution in [0.5, 0.6) is 11.6 Å². The van der Waals surface area contributed by atoms with Crippen LogP contribution in [0.25, 0.3) is 16.8 Å². The van der Waals surface area contributed by atoms with Crippen LogP contribution in [0.3, 0.4) is 0 Å². The molecule has 8 nitrogen and oxygen atoms in total. The summed E-state index contributed by atoms with van der Waals surface area (Å²) < 4.78 is 20.5. The molecule has 3 aromatic carbocycles. The minimum absolute atomic E-state index is 0.0377. The van der Waals surface area contributed by atoms with Crippen LogP contribution < -0.4 is 10.1 Å². The molecule has 1 aromatic heterocycles. The highest BCUT2D eigenvalue weighted by Crippen LogP contribution is 2.33. The Morgan fingerprint density at radius 3 is 2.43 bits per heavy atom. The van der Waals surface area contributed by atoms with E-state index < -0.39 is 36.0 Å². The van der Waals surface area contributed by atoms with Gasteiger partial charge in [0.25, 0.3) is 5.91 Å². The number of aliphatic carboxylic acids is 1. The summed E-state index contributed by atoms with van der Waals surface area (Å²) in [6.07, 6.45) is -0.424. The zero-order valence-electron chi connectivity index (χ0n) is 18.7. The van der Waals surface area contributed by atoms with Crippen LogP contribution in [0.15, 0.2) is 78.9 Å². The van der Waals surface area contributed by atoms with Crippen LogP contribution in [0, 0.1) is 5.82 Å². The molecule has 0 fully saturated rings. The summed E-state index contributed by atoms with van der Waals surface area (Å²) in [5, 5.41) is 26.3. The summed E-state index contributed by atoms with van der Waals surface area (Å²) >= 11 is 0. The van der Waals surface area contributed by atoms with Crippen LogP contribution in [-0.4, -0.2) is 39.0 Å². The molecule has 4 aromatic rings. The number of nitrogens with zero attached hydrogens (tertiary/aromatic N) is 2. The number of carbonyl (C=O) groups is 2. The average Bonchev–Trinajstić information content (AvgIpc) is 3.25. The molecule has 4 rings (SSSR count). The van der Waals surface area contributed by atoms with E-state index in [-0.39, 0.29) is 11.4 Å². The number of methoxy groups -OCH3 is 1. The van der Waals surface area contributed by atoms with Gasteiger partial charge in [0.2, 0.25) is 5.88 Å². The molecule has 0 aliphatic heterocycles. The van der Waals surface area contributed by atoms with Crippen LogP contribution in [-0.2, 0) is 4.79 Å². The minimum atomic E-state index is -1.13. The lowest BCUT2D eigenvalue weighted by atomic mass is 9.97. The fraction of sp³-hybridized carbons (Fsp3) is 0.115. The fourth-order valence-corrected chi connectivity index (χ4v) is 3.74. The SMILES string of the molecule is COc1cc(-c2ccccc2)ccc1C(CC(=O)O)NC(=O)c1cc(O)n(-c2ccccc2F)n1. The number of rotatable bonds is 8. The Balaban J connectivity index is 1.64. The predicted octanol–water partition coefficient (Wildman–Crippen LogP) is 4.34. The van der Waals surface area contributed by atoms with Crippen molar-refractivity contribution in [2.45, 2.75) is 12.5 Å². The first kappa shape index (κ1) is 23.5. The van der Waals surface area contributed by atoms with Crippen molar-refractivity contribution < 1.29 is 28.9 Å². The van der Waals surface area contributed by atoms with Crippen molar-refractivity contribution in [3.8, 4) is 28.4 Å². The van der Waals surface area contributed by atoms with Crippen LogP contribution in [0.1, 0.15) is 28.5 Å². The number of carbonyl (C=O) groups excluding carboxylic acids is 1. The third kappa shape index (κ3) is 5.14. The lowest BCUT2D eigenvalue weighted by Gasteiger charge is -2.20. The lowest BCUT2D eigenvalue weighted by molar-refractivity contribution is -0.137. The smallest absolute Gasteiger partial charge is 0.305 e. The van der Waals surface area contributed by atoms with E-state index in [0.29, 0.717) is 11.3 Å². The highest BCUT2D eigenvalue weighted by Gasteiger charge is 2.25. The molecule has 1 unspecified atom stereocenters. The molecule has 1 heterocycles. The van der Waals surface area contributed by atoms with Gasteiger partial charge in [-0.2, -0.15) is 9.78 Å². The van der Waals surface area contributed by atoms with Crippen LogP contribution in [0.4, 0.5) is 4.39 Å². The predicted molar refractivity (Wildman–Crippen MR) is 126 cm³/mol. The number of carboxylic acids is 1. The molecule has 0 aliphatic rings. The number of halogens is 1. The van der Waals surface area contributed by atoms with Gasteiger partial charge in [0.05, 0.1) is 19.6 Å². The number of aromatic hydroxyl groups is 1. The van der Waals surface area contributed by atoms with E-state index in [1.54, 1.807) is 18.2 Å². The molecule has 1 atom stereocenters. The Morgan fingerprint density at radius 2 is 1.74 bits per heavy atom. The number of benzene rings is 3. The zero-order chi connectivity index (χ0) is 24.9. The van der Waals surface area contributed by atoms with E-state index in [2.05, 4.69) is 10.4 Å². The van der Waals surface area contributed by atoms with Gasteiger partial charge in [-0.15, -0.1) is 0 Å². The summed E-state index contributed by atoms with van der Waals surface area (Å²) in [5.41, 5.74) is 2.02. The number of aromatic nitrogens is 2. The highest BCUT2D eigenvalue weighted by molar-refractivity contribution is 5.93. The molecule has 178 valence electrons. The molecule has 35 heavy (non-hydrogen) atoms. The quantitative estimate of drug-likeness (QED) is 0.349. The summed E-state index contributed by atoms with van der Waals surface area (Å²) in [7, 11) is 1.46. The topological polar surface area (TPSA) is 114 Å². The van der Waals surface area contributed by atoms with Gasteiger partial charge in [0.15, 0.2) is 5.69 Å². The Bertz CT molecular complexity index is 1370. The van der Waals surface area contributed by atoms with Crippen molar-refractivity contribution >= 4 is 11.9 Å². The van der Waals surface area contributed by atoms with Crippen molar-refractivity contribution in [3.05, 3.63) is 95.9 Å². The Hall–Kier alpha value is -4.66. The largest absolute Gasteiger partial charge is 0.496 e. The number of hydrogen-bond donors (Lipinski definition) is 3. The van der Waals surface area contributed by atoms with E-state index in [4.69, 9.17) is 4.74 Å². The molecule has 0 aliphatic carbocycles. The Labute approximate surface area is 200 Å². The second-order valence-electron chi connectivity index (χ2n) is 7.70. The number of para-hydroxylation sites is 1. The molecule has 0 saturated heterocycles. The van der Waals surface area contributed by atoms with Gasteiger partial charge < -0.3 is 20.3 Å². The third-order valence-electron chi connectivity index (χ3n) is 5.40. The maximum Gasteiger partial charge on any atom is 0.305 e. The summed E-state index contributed by atoms with van der Waals surface area (Å²) in [6, 6.07) is 20.6. The molecular formula is C26H22FN3O5. The first-order valence-corrected chi connectivity index (χ1v) is 10.7. The van der Waals surface area contributed by atoms with Gasteiger partial charge in [0, 0.05) is 11.6 Å².